The summed E-state index contributed by atoms with van der Waals surface area (Å²) in [5.74, 6) is 0.642. The molecule has 3 aromatic rings. The second-order valence-corrected chi connectivity index (χ2v) is 9.38. The van der Waals surface area contributed by atoms with Gasteiger partial charge in [-0.05, 0) is 43.0 Å². The summed E-state index contributed by atoms with van der Waals surface area (Å²) in [7, 11) is 1.85. The summed E-state index contributed by atoms with van der Waals surface area (Å²) in [5, 5.41) is 7.47. The number of hydrogen-bond donors (Lipinski definition) is 1. The van der Waals surface area contributed by atoms with E-state index in [9.17, 15) is 18.0 Å². The minimum Gasteiger partial charge on any atom is -0.370 e. The molecule has 1 fully saturated rings. The Hall–Kier alpha value is -3.49. The first-order valence-corrected chi connectivity index (χ1v) is 11.7. The van der Waals surface area contributed by atoms with Crippen molar-refractivity contribution in [2.45, 2.75) is 45.5 Å². The molecule has 6 nitrogen and oxygen atoms in total. The van der Waals surface area contributed by atoms with Crippen LogP contribution < -0.4 is 15.1 Å². The Kier molecular flexibility index (Phi) is 5.73. The van der Waals surface area contributed by atoms with E-state index in [0.717, 1.165) is 36.8 Å². The predicted octanol–water partition coefficient (Wildman–Crippen LogP) is 5.28. The number of carbonyl (C=O) groups is 1. The van der Waals surface area contributed by atoms with E-state index in [4.69, 9.17) is 0 Å². The Bertz CT molecular complexity index is 1260. The number of hydrogen-bond acceptors (Lipinski definition) is 3. The number of nitrogens with zero attached hydrogens (tertiary/aromatic N) is 4. The lowest BCUT2D eigenvalue weighted by Crippen LogP contribution is -2.44. The van der Waals surface area contributed by atoms with Crippen molar-refractivity contribution >= 4 is 17.5 Å². The Morgan fingerprint density at radius 3 is 2.51 bits per heavy atom. The van der Waals surface area contributed by atoms with E-state index in [1.807, 2.05) is 7.05 Å². The third-order valence-electron chi connectivity index (χ3n) is 7.07. The molecule has 0 aliphatic carbocycles. The van der Waals surface area contributed by atoms with Gasteiger partial charge < -0.3 is 10.2 Å². The van der Waals surface area contributed by atoms with E-state index in [1.54, 1.807) is 10.7 Å². The first-order chi connectivity index (χ1) is 16.6. The highest BCUT2D eigenvalue weighted by Crippen LogP contribution is 2.39. The summed E-state index contributed by atoms with van der Waals surface area (Å²) in [6, 6.07) is 11.2. The van der Waals surface area contributed by atoms with Crippen LogP contribution in [-0.4, -0.2) is 28.9 Å². The third-order valence-corrected chi connectivity index (χ3v) is 7.07. The molecule has 1 N–H and O–H groups in total. The van der Waals surface area contributed by atoms with Crippen LogP contribution in [0.1, 0.15) is 45.8 Å². The van der Waals surface area contributed by atoms with E-state index < -0.39 is 17.8 Å². The fraction of sp³-hybridized carbons (Fsp3) is 0.385. The molecule has 5 rings (SSSR count). The zero-order valence-corrected chi connectivity index (χ0v) is 20.0. The van der Waals surface area contributed by atoms with E-state index in [-0.39, 0.29) is 18.0 Å². The maximum atomic E-state index is 13.6. The highest BCUT2D eigenvalue weighted by molar-refractivity contribution is 5.94. The number of aromatic nitrogens is 2. The topological polar surface area (TPSA) is 53.4 Å². The van der Waals surface area contributed by atoms with Crippen LogP contribution in [0, 0.1) is 13.8 Å². The van der Waals surface area contributed by atoms with Crippen molar-refractivity contribution < 1.29 is 18.0 Å². The molecular formula is C26H28F3N5O. The first-order valence-electron chi connectivity index (χ1n) is 11.7. The van der Waals surface area contributed by atoms with Gasteiger partial charge in [0.25, 0.3) is 0 Å². The summed E-state index contributed by atoms with van der Waals surface area (Å²) in [5.41, 5.74) is 4.94. The molecule has 35 heavy (non-hydrogen) atoms. The van der Waals surface area contributed by atoms with Gasteiger partial charge in [0.05, 0.1) is 24.3 Å². The molecule has 184 valence electrons. The van der Waals surface area contributed by atoms with Gasteiger partial charge >= 0.3 is 12.2 Å². The summed E-state index contributed by atoms with van der Waals surface area (Å²) in [6.45, 7) is 6.08. The van der Waals surface area contributed by atoms with Crippen LogP contribution in [0.5, 0.6) is 0 Å². The first kappa shape index (κ1) is 23.3. The van der Waals surface area contributed by atoms with Crippen molar-refractivity contribution in [3.05, 3.63) is 76.0 Å². The molecule has 0 unspecified atom stereocenters. The van der Waals surface area contributed by atoms with Crippen LogP contribution in [0.4, 0.5) is 29.5 Å². The average molecular weight is 484 g/mol. The maximum Gasteiger partial charge on any atom is 0.416 e. The smallest absolute Gasteiger partial charge is 0.370 e. The molecule has 0 radical (unpaired) electrons. The van der Waals surface area contributed by atoms with Crippen LogP contribution in [0.2, 0.25) is 0 Å². The van der Waals surface area contributed by atoms with Gasteiger partial charge in [0, 0.05) is 37.3 Å². The minimum atomic E-state index is -4.50. The second kappa shape index (κ2) is 8.62. The number of fused-ring (bicyclic) bond motifs is 1. The van der Waals surface area contributed by atoms with E-state index >= 15 is 0 Å². The molecule has 2 amide bonds. The van der Waals surface area contributed by atoms with Crippen molar-refractivity contribution in [3.8, 4) is 0 Å². The lowest BCUT2D eigenvalue weighted by molar-refractivity contribution is -0.138. The van der Waals surface area contributed by atoms with Gasteiger partial charge in [-0.2, -0.15) is 18.3 Å². The highest BCUT2D eigenvalue weighted by atomic mass is 19.4. The molecule has 0 saturated carbocycles. The summed E-state index contributed by atoms with van der Waals surface area (Å²) < 4.78 is 42.5. The van der Waals surface area contributed by atoms with Crippen LogP contribution in [-0.2, 0) is 26.3 Å². The molecule has 0 bridgehead atoms. The molecule has 0 spiro atoms. The molecule has 1 saturated heterocycles. The molecule has 9 heteroatoms. The number of rotatable bonds is 4. The van der Waals surface area contributed by atoms with Gasteiger partial charge in [0.2, 0.25) is 0 Å². The molecule has 2 aliphatic rings. The van der Waals surface area contributed by atoms with E-state index in [2.05, 4.69) is 47.4 Å². The quantitative estimate of drug-likeness (QED) is 0.550. The van der Waals surface area contributed by atoms with Crippen LogP contribution >= 0.6 is 0 Å². The third kappa shape index (κ3) is 4.13. The zero-order valence-electron chi connectivity index (χ0n) is 20.0. The molecule has 1 atom stereocenters. The predicted molar refractivity (Wildman–Crippen MR) is 129 cm³/mol. The fourth-order valence-electron chi connectivity index (χ4n) is 5.56. The minimum absolute atomic E-state index is 0.0391. The molecule has 3 heterocycles. The standard InChI is InChI=1S/C26H28F3N5O/c1-16-7-6-8-17(2)22(16)33-12-11-19(14-33)23-20-13-30-25(35)34(24(20)31-32(23)3)15-18-9-4-5-10-21(18)26(27,28)29/h4-10,19H,11-15H2,1-3H3,(H,30,35)/t19-/m1/s1. The number of urea groups is 1. The van der Waals surface area contributed by atoms with Crippen molar-refractivity contribution in [3.63, 3.8) is 0 Å². The van der Waals surface area contributed by atoms with Gasteiger partial charge in [0.1, 0.15) is 0 Å². The summed E-state index contributed by atoms with van der Waals surface area (Å²) in [4.78, 5) is 16.5. The van der Waals surface area contributed by atoms with E-state index in [0.29, 0.717) is 12.4 Å². The average Bonchev–Trinajstić information content (AvgIpc) is 3.39. The molecule has 2 aliphatic heterocycles. The maximum absolute atomic E-state index is 13.6. The number of aryl methyl sites for hydroxylation is 3. The van der Waals surface area contributed by atoms with Crippen molar-refractivity contribution in [1.29, 1.82) is 0 Å². The van der Waals surface area contributed by atoms with Crippen LogP contribution in [0.3, 0.4) is 0 Å². The molecular weight excluding hydrogens is 455 g/mol. The normalized spacial score (nSPS) is 18.1. The van der Waals surface area contributed by atoms with Crippen molar-refractivity contribution in [2.24, 2.45) is 7.05 Å². The van der Waals surface area contributed by atoms with Crippen LogP contribution in [0.15, 0.2) is 42.5 Å². The van der Waals surface area contributed by atoms with Gasteiger partial charge in [-0.3, -0.25) is 9.58 Å². The zero-order chi connectivity index (χ0) is 24.9. The Balaban J connectivity index is 1.46. The number of halogens is 3. The number of benzene rings is 2. The van der Waals surface area contributed by atoms with Gasteiger partial charge in [-0.1, -0.05) is 36.4 Å². The van der Waals surface area contributed by atoms with Gasteiger partial charge in [-0.15, -0.1) is 0 Å². The Morgan fingerprint density at radius 2 is 1.80 bits per heavy atom. The fourth-order valence-corrected chi connectivity index (χ4v) is 5.56. The number of anilines is 2. The van der Waals surface area contributed by atoms with Crippen molar-refractivity contribution in [1.82, 2.24) is 15.1 Å². The number of nitrogens with one attached hydrogen (secondary N) is 1. The van der Waals surface area contributed by atoms with Gasteiger partial charge in [-0.25, -0.2) is 4.79 Å². The van der Waals surface area contributed by atoms with Gasteiger partial charge in [0.15, 0.2) is 5.82 Å². The lowest BCUT2D eigenvalue weighted by Gasteiger charge is -2.28. The summed E-state index contributed by atoms with van der Waals surface area (Å²) >= 11 is 0. The van der Waals surface area contributed by atoms with Crippen molar-refractivity contribution in [2.75, 3.05) is 22.9 Å². The largest absolute Gasteiger partial charge is 0.416 e. The van der Waals surface area contributed by atoms with Crippen LogP contribution in [0.25, 0.3) is 0 Å². The van der Waals surface area contributed by atoms with E-state index in [1.165, 1.54) is 33.8 Å². The summed E-state index contributed by atoms with van der Waals surface area (Å²) in [6.07, 6.45) is -3.56. The Morgan fingerprint density at radius 1 is 1.09 bits per heavy atom. The SMILES string of the molecule is Cc1cccc(C)c1N1CC[C@@H](c2c3c(nn2C)N(Cc2ccccc2C(F)(F)F)C(=O)NC3)C1. The number of alkyl halides is 3. The lowest BCUT2D eigenvalue weighted by atomic mass is 9.99. The Labute approximate surface area is 202 Å². The monoisotopic (exact) mass is 483 g/mol. The second-order valence-electron chi connectivity index (χ2n) is 9.38. The number of carbonyl (C=O) groups excluding carboxylic acids is 1. The molecule has 2 aromatic carbocycles. The number of amides is 2. The highest BCUT2D eigenvalue weighted by Gasteiger charge is 2.38. The number of para-hydroxylation sites is 1. The molecule has 1 aromatic heterocycles.